The Hall–Kier alpha value is -1.89. The summed E-state index contributed by atoms with van der Waals surface area (Å²) in [5.74, 6) is -1.47. The zero-order valence-corrected chi connectivity index (χ0v) is 13.3. The van der Waals surface area contributed by atoms with Crippen molar-refractivity contribution in [1.82, 2.24) is 15.1 Å². The predicted octanol–water partition coefficient (Wildman–Crippen LogP) is 2.21. The van der Waals surface area contributed by atoms with Crippen LogP contribution in [0.5, 0.6) is 0 Å². The number of aryl methyl sites for hydroxylation is 1. The van der Waals surface area contributed by atoms with Gasteiger partial charge in [-0.15, -0.1) is 11.3 Å². The van der Waals surface area contributed by atoms with Crippen molar-refractivity contribution in [2.24, 2.45) is 13.0 Å². The number of aromatic nitrogens is 2. The van der Waals surface area contributed by atoms with Crippen LogP contribution in [0.15, 0.2) is 6.07 Å². The van der Waals surface area contributed by atoms with Crippen molar-refractivity contribution in [1.29, 1.82) is 0 Å². The van der Waals surface area contributed by atoms with Crippen molar-refractivity contribution in [3.63, 3.8) is 0 Å². The number of carbonyl (C=O) groups excluding carboxylic acids is 1. The summed E-state index contributed by atoms with van der Waals surface area (Å²) in [7, 11) is 1.86. The first-order chi connectivity index (χ1) is 9.81. The summed E-state index contributed by atoms with van der Waals surface area (Å²) in [6.45, 7) is 5.81. The fourth-order valence-electron chi connectivity index (χ4n) is 2.02. The number of nitrogens with zero attached hydrogens (tertiary/aromatic N) is 2. The molecule has 0 bridgehead atoms. The first kappa shape index (κ1) is 15.5. The minimum Gasteiger partial charge on any atom is -0.481 e. The average molecular weight is 309 g/mol. The number of aliphatic carboxylic acids is 1. The lowest BCUT2D eigenvalue weighted by atomic mass is 10.1. The molecule has 114 valence electrons. The number of fused-ring (bicyclic) bond motifs is 1. The van der Waals surface area contributed by atoms with E-state index < -0.39 is 11.9 Å². The van der Waals surface area contributed by atoms with Gasteiger partial charge in [0.25, 0.3) is 5.91 Å². The summed E-state index contributed by atoms with van der Waals surface area (Å²) >= 11 is 1.37. The Labute approximate surface area is 126 Å². The molecule has 0 spiro atoms. The largest absolute Gasteiger partial charge is 0.481 e. The lowest BCUT2D eigenvalue weighted by Gasteiger charge is -2.07. The summed E-state index contributed by atoms with van der Waals surface area (Å²) < 4.78 is 1.78. The van der Waals surface area contributed by atoms with Gasteiger partial charge in [-0.05, 0) is 12.0 Å². The maximum absolute atomic E-state index is 12.1. The summed E-state index contributed by atoms with van der Waals surface area (Å²) in [5, 5.41) is 16.9. The van der Waals surface area contributed by atoms with Crippen LogP contribution in [0.25, 0.3) is 10.2 Å². The van der Waals surface area contributed by atoms with Crippen molar-refractivity contribution >= 4 is 33.4 Å². The lowest BCUT2D eigenvalue weighted by Crippen LogP contribution is -2.30. The van der Waals surface area contributed by atoms with Gasteiger partial charge in [0, 0.05) is 19.0 Å². The number of thiophene rings is 1. The molecule has 1 amide bonds. The highest BCUT2D eigenvalue weighted by atomic mass is 32.1. The molecule has 2 aromatic rings. The van der Waals surface area contributed by atoms with Crippen molar-refractivity contribution in [2.45, 2.75) is 26.7 Å². The van der Waals surface area contributed by atoms with Gasteiger partial charge in [-0.2, -0.15) is 5.10 Å². The smallest absolute Gasteiger partial charge is 0.308 e. The van der Waals surface area contributed by atoms with Crippen LogP contribution < -0.4 is 5.32 Å². The normalized spacial score (nSPS) is 12.8. The molecule has 0 saturated carbocycles. The number of carboxylic acids is 1. The Morgan fingerprint density at radius 1 is 1.43 bits per heavy atom. The van der Waals surface area contributed by atoms with Gasteiger partial charge >= 0.3 is 5.97 Å². The number of hydrogen-bond acceptors (Lipinski definition) is 4. The molecule has 1 unspecified atom stereocenters. The van der Waals surface area contributed by atoms with Crippen LogP contribution in [0.4, 0.5) is 0 Å². The maximum atomic E-state index is 12.1. The molecule has 2 rings (SSSR count). The van der Waals surface area contributed by atoms with E-state index in [1.807, 2.05) is 13.1 Å². The van der Waals surface area contributed by atoms with E-state index in [2.05, 4.69) is 24.3 Å². The van der Waals surface area contributed by atoms with Gasteiger partial charge < -0.3 is 10.4 Å². The Kier molecular flexibility index (Phi) is 4.32. The second kappa shape index (κ2) is 5.85. The summed E-state index contributed by atoms with van der Waals surface area (Å²) in [4.78, 5) is 24.4. The predicted molar refractivity (Wildman–Crippen MR) is 81.8 cm³/mol. The minimum atomic E-state index is -0.919. The van der Waals surface area contributed by atoms with Crippen LogP contribution in [-0.4, -0.2) is 33.3 Å². The molecule has 2 heterocycles. The molecule has 0 aliphatic heterocycles. The van der Waals surface area contributed by atoms with Gasteiger partial charge in [0.2, 0.25) is 0 Å². The molecule has 7 heteroatoms. The molecule has 2 N–H and O–H groups in total. The first-order valence-electron chi connectivity index (χ1n) is 6.78. The maximum Gasteiger partial charge on any atom is 0.308 e. The zero-order valence-electron chi connectivity index (χ0n) is 12.5. The Balaban J connectivity index is 2.21. The van der Waals surface area contributed by atoms with Crippen molar-refractivity contribution in [3.05, 3.63) is 16.6 Å². The standard InChI is InChI=1S/C14H19N3O3S/c1-7(2)11-9-5-10(21-13(9)17(4)16-11)12(18)15-6-8(3)14(19)20/h5,7-8H,6H2,1-4H3,(H,15,18)(H,19,20). The molecule has 0 aliphatic carbocycles. The van der Waals surface area contributed by atoms with Crippen molar-refractivity contribution in [3.8, 4) is 0 Å². The highest BCUT2D eigenvalue weighted by Gasteiger charge is 2.19. The van der Waals surface area contributed by atoms with E-state index >= 15 is 0 Å². The quantitative estimate of drug-likeness (QED) is 0.887. The number of hydrogen-bond donors (Lipinski definition) is 2. The van der Waals surface area contributed by atoms with E-state index in [-0.39, 0.29) is 18.4 Å². The third kappa shape index (κ3) is 3.07. The fourth-order valence-corrected chi connectivity index (χ4v) is 3.02. The average Bonchev–Trinajstić information content (AvgIpc) is 2.96. The van der Waals surface area contributed by atoms with Crippen LogP contribution in [-0.2, 0) is 11.8 Å². The number of rotatable bonds is 5. The van der Waals surface area contributed by atoms with E-state index in [1.165, 1.54) is 11.3 Å². The van der Waals surface area contributed by atoms with Crippen LogP contribution in [0.2, 0.25) is 0 Å². The monoisotopic (exact) mass is 309 g/mol. The topological polar surface area (TPSA) is 84.2 Å². The van der Waals surface area contributed by atoms with E-state index in [9.17, 15) is 9.59 Å². The highest BCUT2D eigenvalue weighted by molar-refractivity contribution is 7.20. The molecule has 1 atom stereocenters. The number of carbonyl (C=O) groups is 2. The molecule has 0 fully saturated rings. The third-order valence-corrected chi connectivity index (χ3v) is 4.50. The molecular formula is C14H19N3O3S. The molecular weight excluding hydrogens is 290 g/mol. The van der Waals surface area contributed by atoms with Gasteiger partial charge in [-0.25, -0.2) is 0 Å². The van der Waals surface area contributed by atoms with Crippen LogP contribution >= 0.6 is 11.3 Å². The lowest BCUT2D eigenvalue weighted by molar-refractivity contribution is -0.140. The molecule has 21 heavy (non-hydrogen) atoms. The van der Waals surface area contributed by atoms with E-state index in [0.717, 1.165) is 15.9 Å². The van der Waals surface area contributed by atoms with Gasteiger partial charge in [0.1, 0.15) is 4.83 Å². The van der Waals surface area contributed by atoms with Gasteiger partial charge in [0.05, 0.1) is 16.5 Å². The summed E-state index contributed by atoms with van der Waals surface area (Å²) in [6.07, 6.45) is 0. The summed E-state index contributed by atoms with van der Waals surface area (Å²) in [5.41, 5.74) is 0.974. The minimum absolute atomic E-state index is 0.123. The third-order valence-electron chi connectivity index (χ3n) is 3.30. The van der Waals surface area contributed by atoms with E-state index in [0.29, 0.717) is 4.88 Å². The Morgan fingerprint density at radius 2 is 2.10 bits per heavy atom. The molecule has 0 radical (unpaired) electrons. The van der Waals surface area contributed by atoms with E-state index in [4.69, 9.17) is 5.11 Å². The molecule has 2 aromatic heterocycles. The molecule has 0 aliphatic rings. The molecule has 6 nitrogen and oxygen atoms in total. The van der Waals surface area contributed by atoms with E-state index in [1.54, 1.807) is 11.6 Å². The number of amides is 1. The second-order valence-electron chi connectivity index (χ2n) is 5.44. The van der Waals surface area contributed by atoms with Crippen LogP contribution in [0, 0.1) is 5.92 Å². The van der Waals surface area contributed by atoms with Gasteiger partial charge in [-0.1, -0.05) is 20.8 Å². The molecule has 0 saturated heterocycles. The second-order valence-corrected chi connectivity index (χ2v) is 6.47. The van der Waals surface area contributed by atoms with Gasteiger partial charge in [-0.3, -0.25) is 14.3 Å². The highest BCUT2D eigenvalue weighted by Crippen LogP contribution is 2.31. The molecule has 0 aromatic carbocycles. The van der Waals surface area contributed by atoms with Crippen molar-refractivity contribution < 1.29 is 14.7 Å². The number of nitrogens with one attached hydrogen (secondary N) is 1. The Bertz CT molecular complexity index is 687. The van der Waals surface area contributed by atoms with Crippen LogP contribution in [0.1, 0.15) is 42.1 Å². The fraction of sp³-hybridized carbons (Fsp3) is 0.500. The number of carboxylic acid groups (broad SMARTS) is 1. The van der Waals surface area contributed by atoms with Crippen molar-refractivity contribution in [2.75, 3.05) is 6.54 Å². The SMILES string of the molecule is CC(CNC(=O)c1cc2c(C(C)C)nn(C)c2s1)C(=O)O. The zero-order chi connectivity index (χ0) is 15.7. The van der Waals surface area contributed by atoms with Gasteiger partial charge in [0.15, 0.2) is 0 Å². The first-order valence-corrected chi connectivity index (χ1v) is 7.60. The van der Waals surface area contributed by atoms with Crippen LogP contribution in [0.3, 0.4) is 0 Å². The summed E-state index contributed by atoms with van der Waals surface area (Å²) in [6, 6.07) is 1.84. The Morgan fingerprint density at radius 3 is 2.67 bits per heavy atom.